The lowest BCUT2D eigenvalue weighted by molar-refractivity contribution is -0.139. The van der Waals surface area contributed by atoms with E-state index in [0.717, 1.165) is 0 Å². The van der Waals surface area contributed by atoms with Crippen LogP contribution in [0.2, 0.25) is 10.0 Å². The van der Waals surface area contributed by atoms with Gasteiger partial charge in [0.15, 0.2) is 0 Å². The van der Waals surface area contributed by atoms with Gasteiger partial charge in [-0.2, -0.15) is 5.26 Å². The van der Waals surface area contributed by atoms with E-state index in [1.807, 2.05) is 6.07 Å². The number of ether oxygens (including phenoxy) is 1. The zero-order valence-corrected chi connectivity index (χ0v) is 10.5. The van der Waals surface area contributed by atoms with Gasteiger partial charge in [0.25, 0.3) is 0 Å². The molecule has 1 aromatic rings. The summed E-state index contributed by atoms with van der Waals surface area (Å²) in [5.41, 5.74) is 0.572. The Kier molecular flexibility index (Phi) is 5.23. The Morgan fingerprint density at radius 2 is 2.29 bits per heavy atom. The molecule has 0 saturated carbocycles. The number of nitrogens with zero attached hydrogens (tertiary/aromatic N) is 1. The Morgan fingerprint density at radius 3 is 2.82 bits per heavy atom. The predicted octanol–water partition coefficient (Wildman–Crippen LogP) is 2.32. The lowest BCUT2D eigenvalue weighted by Crippen LogP contribution is -2.27. The summed E-state index contributed by atoms with van der Waals surface area (Å²) >= 11 is 11.7. The first-order valence-electron chi connectivity index (χ1n) is 4.73. The van der Waals surface area contributed by atoms with Gasteiger partial charge in [0.1, 0.15) is 6.04 Å². The van der Waals surface area contributed by atoms with Crippen molar-refractivity contribution in [3.63, 3.8) is 0 Å². The van der Waals surface area contributed by atoms with Crippen LogP contribution in [-0.2, 0) is 9.53 Å². The van der Waals surface area contributed by atoms with Crippen molar-refractivity contribution in [2.45, 2.75) is 6.04 Å². The molecule has 1 aromatic carbocycles. The second kappa shape index (κ2) is 6.45. The van der Waals surface area contributed by atoms with Crippen molar-refractivity contribution < 1.29 is 9.53 Å². The van der Waals surface area contributed by atoms with Crippen LogP contribution in [0.3, 0.4) is 0 Å². The molecule has 0 aliphatic heterocycles. The zero-order valence-electron chi connectivity index (χ0n) is 9.04. The fourth-order valence-electron chi connectivity index (χ4n) is 1.22. The van der Waals surface area contributed by atoms with Crippen LogP contribution in [0.1, 0.15) is 11.6 Å². The van der Waals surface area contributed by atoms with Gasteiger partial charge in [0.05, 0.1) is 19.7 Å². The smallest absolute Gasteiger partial charge is 0.319 e. The van der Waals surface area contributed by atoms with Gasteiger partial charge in [-0.25, -0.2) is 0 Å². The van der Waals surface area contributed by atoms with E-state index in [9.17, 15) is 4.79 Å². The van der Waals surface area contributed by atoms with Crippen LogP contribution < -0.4 is 5.32 Å². The lowest BCUT2D eigenvalue weighted by atomic mass is 10.1. The van der Waals surface area contributed by atoms with Crippen molar-refractivity contribution in [1.29, 1.82) is 5.26 Å². The van der Waals surface area contributed by atoms with Gasteiger partial charge in [-0.1, -0.05) is 29.3 Å². The van der Waals surface area contributed by atoms with Crippen LogP contribution in [0, 0.1) is 11.3 Å². The van der Waals surface area contributed by atoms with Crippen molar-refractivity contribution >= 4 is 29.2 Å². The third-order valence-electron chi connectivity index (χ3n) is 2.08. The van der Waals surface area contributed by atoms with Crippen LogP contribution >= 0.6 is 23.2 Å². The molecule has 0 aliphatic rings. The van der Waals surface area contributed by atoms with Crippen LogP contribution in [0.4, 0.5) is 0 Å². The molecule has 17 heavy (non-hydrogen) atoms. The molecule has 1 N–H and O–H groups in total. The van der Waals surface area contributed by atoms with Gasteiger partial charge >= 0.3 is 5.97 Å². The number of carbonyl (C=O) groups is 1. The molecule has 6 heteroatoms. The van der Waals surface area contributed by atoms with Crippen molar-refractivity contribution in [2.75, 3.05) is 13.7 Å². The first-order valence-corrected chi connectivity index (χ1v) is 5.49. The molecule has 0 spiro atoms. The molecule has 0 radical (unpaired) electrons. The average Bonchev–Trinajstić information content (AvgIpc) is 2.31. The maximum Gasteiger partial charge on any atom is 0.319 e. The van der Waals surface area contributed by atoms with E-state index in [1.165, 1.54) is 7.11 Å². The number of rotatable bonds is 4. The lowest BCUT2D eigenvalue weighted by Gasteiger charge is -2.12. The molecule has 4 nitrogen and oxygen atoms in total. The summed E-state index contributed by atoms with van der Waals surface area (Å²) in [6.07, 6.45) is 0. The van der Waals surface area contributed by atoms with Crippen molar-refractivity contribution in [2.24, 2.45) is 0 Å². The first kappa shape index (κ1) is 13.8. The Hall–Kier alpha value is -1.28. The highest BCUT2D eigenvalue weighted by Gasteiger charge is 2.15. The van der Waals surface area contributed by atoms with Crippen molar-refractivity contribution in [1.82, 2.24) is 5.32 Å². The minimum absolute atomic E-state index is 0.0618. The monoisotopic (exact) mass is 272 g/mol. The Morgan fingerprint density at radius 1 is 1.59 bits per heavy atom. The zero-order chi connectivity index (χ0) is 12.8. The molecule has 0 bridgehead atoms. The minimum Gasteiger partial charge on any atom is -0.468 e. The number of methoxy groups -OCH3 is 1. The molecule has 0 saturated heterocycles. The highest BCUT2D eigenvalue weighted by Crippen LogP contribution is 2.25. The summed E-state index contributed by atoms with van der Waals surface area (Å²) in [5, 5.41) is 12.6. The molecule has 1 atom stereocenters. The highest BCUT2D eigenvalue weighted by atomic mass is 35.5. The molecule has 90 valence electrons. The molecular formula is C11H10Cl2N2O2. The number of nitriles is 1. The summed E-state index contributed by atoms with van der Waals surface area (Å²) in [7, 11) is 1.28. The molecule has 0 amide bonds. The third-order valence-corrected chi connectivity index (χ3v) is 2.64. The number of halogens is 2. The molecule has 1 rings (SSSR count). The molecule has 1 unspecified atom stereocenters. The Bertz CT molecular complexity index is 457. The summed E-state index contributed by atoms with van der Waals surface area (Å²) in [6.45, 7) is -0.0618. The first-order chi connectivity index (χ1) is 8.08. The molecule has 0 fully saturated rings. The summed E-state index contributed by atoms with van der Waals surface area (Å²) in [4.78, 5) is 11.0. The summed E-state index contributed by atoms with van der Waals surface area (Å²) in [6, 6.07) is 6.15. The second-order valence-electron chi connectivity index (χ2n) is 3.18. The number of carbonyl (C=O) groups excluding carboxylic acids is 1. The van der Waals surface area contributed by atoms with Crippen LogP contribution in [0.15, 0.2) is 18.2 Å². The average molecular weight is 273 g/mol. The standard InChI is InChI=1S/C11H10Cl2N2O2/c1-17-11(16)6-15-10(5-14)8-3-2-7(12)4-9(8)13/h2-4,10,15H,6H2,1H3. The normalized spacial score (nSPS) is 11.6. The number of hydrogen-bond donors (Lipinski definition) is 1. The quantitative estimate of drug-likeness (QED) is 0.855. The van der Waals surface area contributed by atoms with Crippen LogP contribution in [0.5, 0.6) is 0 Å². The van der Waals surface area contributed by atoms with Crippen LogP contribution in [0.25, 0.3) is 0 Å². The van der Waals surface area contributed by atoms with Gasteiger partial charge in [-0.15, -0.1) is 0 Å². The number of hydrogen-bond acceptors (Lipinski definition) is 4. The van der Waals surface area contributed by atoms with E-state index >= 15 is 0 Å². The SMILES string of the molecule is COC(=O)CNC(C#N)c1ccc(Cl)cc1Cl. The highest BCUT2D eigenvalue weighted by molar-refractivity contribution is 6.35. The van der Waals surface area contributed by atoms with Crippen molar-refractivity contribution in [3.05, 3.63) is 33.8 Å². The van der Waals surface area contributed by atoms with E-state index in [-0.39, 0.29) is 6.54 Å². The van der Waals surface area contributed by atoms with Crippen LogP contribution in [-0.4, -0.2) is 19.6 Å². The van der Waals surface area contributed by atoms with Gasteiger partial charge in [0.2, 0.25) is 0 Å². The Labute approximate surface area is 109 Å². The van der Waals surface area contributed by atoms with Gasteiger partial charge in [0, 0.05) is 15.6 Å². The topological polar surface area (TPSA) is 62.1 Å². The van der Waals surface area contributed by atoms with E-state index in [4.69, 9.17) is 28.5 Å². The number of nitrogens with one attached hydrogen (secondary N) is 1. The van der Waals surface area contributed by atoms with E-state index in [2.05, 4.69) is 10.1 Å². The fourth-order valence-corrected chi connectivity index (χ4v) is 1.74. The fraction of sp³-hybridized carbons (Fsp3) is 0.273. The predicted molar refractivity (Wildman–Crippen MR) is 64.8 cm³/mol. The maximum absolute atomic E-state index is 11.0. The minimum atomic E-state index is -0.682. The largest absolute Gasteiger partial charge is 0.468 e. The van der Waals surface area contributed by atoms with E-state index in [1.54, 1.807) is 18.2 Å². The second-order valence-corrected chi connectivity index (χ2v) is 4.03. The van der Waals surface area contributed by atoms with E-state index in [0.29, 0.717) is 15.6 Å². The Balaban J connectivity index is 2.80. The maximum atomic E-state index is 11.0. The van der Waals surface area contributed by atoms with Gasteiger partial charge < -0.3 is 4.74 Å². The van der Waals surface area contributed by atoms with Crippen molar-refractivity contribution in [3.8, 4) is 6.07 Å². The summed E-state index contributed by atoms with van der Waals surface area (Å²) < 4.78 is 4.47. The number of esters is 1. The van der Waals surface area contributed by atoms with E-state index < -0.39 is 12.0 Å². The summed E-state index contributed by atoms with van der Waals surface area (Å²) in [5.74, 6) is -0.449. The number of benzene rings is 1. The molecule has 0 aromatic heterocycles. The molecule has 0 aliphatic carbocycles. The van der Waals surface area contributed by atoms with Gasteiger partial charge in [-0.3, -0.25) is 10.1 Å². The van der Waals surface area contributed by atoms with Gasteiger partial charge in [-0.05, 0) is 12.1 Å². The molecule has 0 heterocycles. The third kappa shape index (κ3) is 3.90. The molecular weight excluding hydrogens is 263 g/mol.